The first-order valence-corrected chi connectivity index (χ1v) is 8.47. The maximum absolute atomic E-state index is 13.7. The number of nitrogens with one attached hydrogen (secondary N) is 1. The van der Waals surface area contributed by atoms with Crippen LogP contribution in [0.4, 0.5) is 4.39 Å². The van der Waals surface area contributed by atoms with Gasteiger partial charge in [-0.3, -0.25) is 0 Å². The van der Waals surface area contributed by atoms with Gasteiger partial charge in [0.25, 0.3) is 0 Å². The van der Waals surface area contributed by atoms with Gasteiger partial charge in [0, 0.05) is 19.1 Å². The summed E-state index contributed by atoms with van der Waals surface area (Å²) in [6, 6.07) is 5.71. The number of sulfonamides is 1. The van der Waals surface area contributed by atoms with Crippen molar-refractivity contribution in [3.63, 3.8) is 0 Å². The summed E-state index contributed by atoms with van der Waals surface area (Å²) in [6.45, 7) is 3.82. The first-order chi connectivity index (χ1) is 9.55. The monoisotopic (exact) mass is 300 g/mol. The smallest absolute Gasteiger partial charge is 0.246 e. The van der Waals surface area contributed by atoms with Gasteiger partial charge in [0.15, 0.2) is 0 Å². The third-order valence-corrected chi connectivity index (χ3v) is 5.42. The molecule has 0 aliphatic carbocycles. The molecule has 0 spiro atoms. The molecule has 4 nitrogen and oxygen atoms in total. The summed E-state index contributed by atoms with van der Waals surface area (Å²) in [6.07, 6.45) is 2.77. The zero-order valence-electron chi connectivity index (χ0n) is 11.7. The van der Waals surface area contributed by atoms with Crippen LogP contribution < -0.4 is 5.32 Å². The minimum atomic E-state index is -3.73. The van der Waals surface area contributed by atoms with Gasteiger partial charge in [-0.05, 0) is 37.9 Å². The van der Waals surface area contributed by atoms with Crippen molar-refractivity contribution >= 4 is 10.0 Å². The predicted molar refractivity (Wildman–Crippen MR) is 76.5 cm³/mol. The van der Waals surface area contributed by atoms with Gasteiger partial charge in [-0.15, -0.1) is 0 Å². The van der Waals surface area contributed by atoms with Gasteiger partial charge >= 0.3 is 0 Å². The Morgan fingerprint density at radius 1 is 1.40 bits per heavy atom. The van der Waals surface area contributed by atoms with E-state index in [2.05, 4.69) is 12.2 Å². The molecule has 0 bridgehead atoms. The number of nitrogens with zero attached hydrogens (tertiary/aromatic N) is 1. The van der Waals surface area contributed by atoms with Crippen molar-refractivity contribution < 1.29 is 12.8 Å². The molecule has 6 heteroatoms. The quantitative estimate of drug-likeness (QED) is 0.904. The first kappa shape index (κ1) is 15.4. The average molecular weight is 300 g/mol. The van der Waals surface area contributed by atoms with Crippen LogP contribution in [-0.2, 0) is 10.0 Å². The van der Waals surface area contributed by atoms with E-state index < -0.39 is 15.8 Å². The summed E-state index contributed by atoms with van der Waals surface area (Å²) >= 11 is 0. The molecule has 1 saturated heterocycles. The normalized spacial score (nSPS) is 21.0. The lowest BCUT2D eigenvalue weighted by Crippen LogP contribution is -2.48. The molecular weight excluding hydrogens is 279 g/mol. The largest absolute Gasteiger partial charge is 0.313 e. The van der Waals surface area contributed by atoms with Gasteiger partial charge in [-0.1, -0.05) is 19.1 Å². The molecule has 1 atom stereocenters. The van der Waals surface area contributed by atoms with Gasteiger partial charge < -0.3 is 5.32 Å². The second-order valence-corrected chi connectivity index (χ2v) is 6.99. The van der Waals surface area contributed by atoms with E-state index in [0.29, 0.717) is 13.1 Å². The van der Waals surface area contributed by atoms with Gasteiger partial charge in [0.05, 0.1) is 0 Å². The zero-order valence-corrected chi connectivity index (χ0v) is 12.5. The van der Waals surface area contributed by atoms with Crippen LogP contribution in [-0.4, -0.2) is 38.4 Å². The van der Waals surface area contributed by atoms with Crippen LogP contribution >= 0.6 is 0 Å². The lowest BCUT2D eigenvalue weighted by atomic mass is 10.1. The van der Waals surface area contributed by atoms with Crippen molar-refractivity contribution in [3.05, 3.63) is 30.1 Å². The minimum Gasteiger partial charge on any atom is -0.313 e. The number of benzene rings is 1. The van der Waals surface area contributed by atoms with Crippen LogP contribution in [0.2, 0.25) is 0 Å². The van der Waals surface area contributed by atoms with E-state index in [9.17, 15) is 12.8 Å². The summed E-state index contributed by atoms with van der Waals surface area (Å²) in [4.78, 5) is -0.226. The van der Waals surface area contributed by atoms with E-state index in [1.165, 1.54) is 22.5 Å². The topological polar surface area (TPSA) is 49.4 Å². The second-order valence-electron chi connectivity index (χ2n) is 5.09. The second kappa shape index (κ2) is 6.65. The van der Waals surface area contributed by atoms with E-state index >= 15 is 0 Å². The number of hydrogen-bond donors (Lipinski definition) is 1. The summed E-state index contributed by atoms with van der Waals surface area (Å²) in [7, 11) is -3.73. The Bertz CT molecular complexity index is 548. The zero-order chi connectivity index (χ0) is 14.6. The van der Waals surface area contributed by atoms with Crippen LogP contribution in [0.25, 0.3) is 0 Å². The molecule has 1 N–H and O–H groups in total. The number of rotatable bonds is 5. The molecule has 1 heterocycles. The fourth-order valence-electron chi connectivity index (χ4n) is 2.47. The Morgan fingerprint density at radius 2 is 2.15 bits per heavy atom. The molecule has 112 valence electrons. The summed E-state index contributed by atoms with van der Waals surface area (Å²) < 4.78 is 40.1. The van der Waals surface area contributed by atoms with E-state index in [0.717, 1.165) is 25.8 Å². The van der Waals surface area contributed by atoms with Gasteiger partial charge in [-0.25, -0.2) is 12.8 Å². The Kier molecular flexibility index (Phi) is 5.12. The molecule has 20 heavy (non-hydrogen) atoms. The lowest BCUT2D eigenvalue weighted by molar-refractivity contribution is 0.283. The van der Waals surface area contributed by atoms with Crippen molar-refractivity contribution in [1.82, 2.24) is 9.62 Å². The van der Waals surface area contributed by atoms with E-state index in [1.54, 1.807) is 6.07 Å². The SMILES string of the molecule is CCCNC1CCCN(S(=O)(=O)c2ccccc2F)C1. The Hall–Kier alpha value is -0.980. The molecule has 0 aromatic heterocycles. The molecule has 1 fully saturated rings. The third kappa shape index (κ3) is 3.37. The highest BCUT2D eigenvalue weighted by atomic mass is 32.2. The van der Waals surface area contributed by atoms with Crippen molar-refractivity contribution in [3.8, 4) is 0 Å². The molecule has 1 aliphatic heterocycles. The van der Waals surface area contributed by atoms with Crippen molar-refractivity contribution in [2.45, 2.75) is 37.1 Å². The summed E-state index contributed by atoms with van der Waals surface area (Å²) in [5, 5.41) is 3.34. The van der Waals surface area contributed by atoms with Crippen LogP contribution in [0.5, 0.6) is 0 Å². The fourth-order valence-corrected chi connectivity index (χ4v) is 4.06. The highest BCUT2D eigenvalue weighted by Crippen LogP contribution is 2.22. The Morgan fingerprint density at radius 3 is 2.85 bits per heavy atom. The van der Waals surface area contributed by atoms with Crippen LogP contribution in [0.15, 0.2) is 29.2 Å². The highest BCUT2D eigenvalue weighted by molar-refractivity contribution is 7.89. The number of halogens is 1. The molecule has 0 radical (unpaired) electrons. The molecule has 1 aromatic carbocycles. The lowest BCUT2D eigenvalue weighted by Gasteiger charge is -2.32. The average Bonchev–Trinajstić information content (AvgIpc) is 2.45. The van der Waals surface area contributed by atoms with Gasteiger partial charge in [-0.2, -0.15) is 4.31 Å². The van der Waals surface area contributed by atoms with Crippen molar-refractivity contribution in [2.24, 2.45) is 0 Å². The van der Waals surface area contributed by atoms with E-state index in [4.69, 9.17) is 0 Å². The molecule has 0 amide bonds. The minimum absolute atomic E-state index is 0.158. The third-order valence-electron chi connectivity index (χ3n) is 3.52. The molecule has 2 rings (SSSR count). The number of hydrogen-bond acceptors (Lipinski definition) is 3. The standard InChI is InChI=1S/C14H21FN2O2S/c1-2-9-16-12-6-5-10-17(11-12)20(18,19)14-8-4-3-7-13(14)15/h3-4,7-8,12,16H,2,5-6,9-11H2,1H3. The van der Waals surface area contributed by atoms with Crippen LogP contribution in [0.1, 0.15) is 26.2 Å². The Labute approximate surface area is 120 Å². The molecular formula is C14H21FN2O2S. The van der Waals surface area contributed by atoms with E-state index in [1.807, 2.05) is 0 Å². The van der Waals surface area contributed by atoms with Crippen molar-refractivity contribution in [2.75, 3.05) is 19.6 Å². The molecule has 0 saturated carbocycles. The first-order valence-electron chi connectivity index (χ1n) is 7.03. The predicted octanol–water partition coefficient (Wildman–Crippen LogP) is 1.98. The maximum Gasteiger partial charge on any atom is 0.246 e. The highest BCUT2D eigenvalue weighted by Gasteiger charge is 2.31. The van der Waals surface area contributed by atoms with Gasteiger partial charge in [0.1, 0.15) is 10.7 Å². The Balaban J connectivity index is 2.15. The van der Waals surface area contributed by atoms with Gasteiger partial charge in [0.2, 0.25) is 10.0 Å². The maximum atomic E-state index is 13.7. The van der Waals surface area contributed by atoms with E-state index in [-0.39, 0.29) is 10.9 Å². The van der Waals surface area contributed by atoms with Crippen LogP contribution in [0.3, 0.4) is 0 Å². The van der Waals surface area contributed by atoms with Crippen molar-refractivity contribution in [1.29, 1.82) is 0 Å². The molecule has 1 unspecified atom stereocenters. The molecule has 1 aliphatic rings. The van der Waals surface area contributed by atoms with Crippen LogP contribution in [0, 0.1) is 5.82 Å². The summed E-state index contributed by atoms with van der Waals surface area (Å²) in [5.41, 5.74) is 0. The molecule has 1 aromatic rings. The fraction of sp³-hybridized carbons (Fsp3) is 0.571. The summed E-state index contributed by atoms with van der Waals surface area (Å²) in [5.74, 6) is -0.684. The number of piperidine rings is 1.